The van der Waals surface area contributed by atoms with Crippen molar-refractivity contribution in [3.8, 4) is 22.6 Å². The van der Waals surface area contributed by atoms with Crippen LogP contribution in [0, 0.1) is 23.4 Å². The van der Waals surface area contributed by atoms with Crippen LogP contribution in [-0.2, 0) is 0 Å². The average molecular weight is 441 g/mol. The van der Waals surface area contributed by atoms with E-state index < -0.39 is 17.5 Å². The number of hydrogen-bond acceptors (Lipinski definition) is 2. The van der Waals surface area contributed by atoms with Crippen LogP contribution in [0.5, 0.6) is 11.5 Å². The average Bonchev–Trinajstić information content (AvgIpc) is 2.82. The lowest BCUT2D eigenvalue weighted by Gasteiger charge is -2.29. The lowest BCUT2D eigenvalue weighted by Crippen LogP contribution is -2.20. The van der Waals surface area contributed by atoms with Gasteiger partial charge in [0.25, 0.3) is 0 Å². The molecule has 0 saturated heterocycles. The highest BCUT2D eigenvalue weighted by atomic mass is 19.2. The zero-order valence-electron chi connectivity index (χ0n) is 18.1. The number of halogens is 3. The molecule has 3 aromatic carbocycles. The largest absolute Gasteiger partial charge is 0.493 e. The molecule has 0 heterocycles. The lowest BCUT2D eigenvalue weighted by atomic mass is 9.78. The number of hydrogen-bond donors (Lipinski definition) is 0. The van der Waals surface area contributed by atoms with E-state index in [1.165, 1.54) is 6.07 Å². The molecule has 1 aliphatic rings. The number of ether oxygens (including phenoxy) is 2. The Labute approximate surface area is 187 Å². The molecule has 5 heteroatoms. The molecule has 0 aliphatic heterocycles. The summed E-state index contributed by atoms with van der Waals surface area (Å²) >= 11 is 0. The van der Waals surface area contributed by atoms with E-state index in [4.69, 9.17) is 9.47 Å². The fourth-order valence-corrected chi connectivity index (χ4v) is 4.42. The van der Waals surface area contributed by atoms with Gasteiger partial charge in [-0.3, -0.25) is 0 Å². The predicted molar refractivity (Wildman–Crippen MR) is 120 cm³/mol. The van der Waals surface area contributed by atoms with Gasteiger partial charge in [0, 0.05) is 11.6 Å². The van der Waals surface area contributed by atoms with Crippen LogP contribution in [0.25, 0.3) is 11.1 Å². The van der Waals surface area contributed by atoms with Crippen LogP contribution in [0.2, 0.25) is 0 Å². The minimum absolute atomic E-state index is 0.00602. The normalized spacial score (nSPS) is 18.4. The molecule has 4 rings (SSSR count). The summed E-state index contributed by atoms with van der Waals surface area (Å²) in [5.41, 5.74) is 1.41. The van der Waals surface area contributed by atoms with Crippen LogP contribution < -0.4 is 9.47 Å². The predicted octanol–water partition coefficient (Wildman–Crippen LogP) is 7.52. The maximum absolute atomic E-state index is 14.9. The van der Waals surface area contributed by atoms with Crippen LogP contribution in [0.15, 0.2) is 60.7 Å². The van der Waals surface area contributed by atoms with Gasteiger partial charge in [0.15, 0.2) is 23.2 Å². The maximum atomic E-state index is 14.9. The topological polar surface area (TPSA) is 18.5 Å². The quantitative estimate of drug-likeness (QED) is 0.378. The first kappa shape index (κ1) is 22.3. The zero-order chi connectivity index (χ0) is 22.5. The van der Waals surface area contributed by atoms with E-state index in [9.17, 15) is 13.2 Å². The SMILES string of the molecule is CCOc1ccc(OCC2CCC(c3ccc(-c4ccccc4)c(F)c3F)CC2)cc1F. The summed E-state index contributed by atoms with van der Waals surface area (Å²) in [6, 6.07) is 17.0. The van der Waals surface area contributed by atoms with Gasteiger partial charge in [0.1, 0.15) is 5.75 Å². The van der Waals surface area contributed by atoms with Gasteiger partial charge in [-0.15, -0.1) is 0 Å². The monoisotopic (exact) mass is 440 g/mol. The van der Waals surface area contributed by atoms with Crippen LogP contribution >= 0.6 is 0 Å². The van der Waals surface area contributed by atoms with Gasteiger partial charge in [0.2, 0.25) is 0 Å². The summed E-state index contributed by atoms with van der Waals surface area (Å²) in [6.07, 6.45) is 3.25. The Morgan fingerprint density at radius 1 is 0.812 bits per heavy atom. The Kier molecular flexibility index (Phi) is 7.03. The molecule has 1 fully saturated rings. The molecular formula is C27H27F3O2. The van der Waals surface area contributed by atoms with Gasteiger partial charge in [-0.25, -0.2) is 13.2 Å². The minimum Gasteiger partial charge on any atom is -0.493 e. The van der Waals surface area contributed by atoms with E-state index in [2.05, 4.69) is 0 Å². The molecule has 0 N–H and O–H groups in total. The van der Waals surface area contributed by atoms with Crippen molar-refractivity contribution in [3.63, 3.8) is 0 Å². The smallest absolute Gasteiger partial charge is 0.168 e. The highest BCUT2D eigenvalue weighted by Gasteiger charge is 2.27. The molecule has 3 aromatic rings. The number of benzene rings is 3. The second-order valence-corrected chi connectivity index (χ2v) is 8.25. The molecule has 0 spiro atoms. The van der Waals surface area contributed by atoms with E-state index in [1.807, 2.05) is 18.2 Å². The molecule has 0 amide bonds. The molecule has 32 heavy (non-hydrogen) atoms. The third-order valence-corrected chi connectivity index (χ3v) is 6.17. The van der Waals surface area contributed by atoms with E-state index in [0.29, 0.717) is 36.0 Å². The third-order valence-electron chi connectivity index (χ3n) is 6.17. The van der Waals surface area contributed by atoms with Crippen molar-refractivity contribution in [2.75, 3.05) is 13.2 Å². The van der Waals surface area contributed by atoms with Gasteiger partial charge in [-0.05, 0) is 67.7 Å². The third kappa shape index (κ3) is 4.93. The zero-order valence-corrected chi connectivity index (χ0v) is 18.1. The first-order valence-corrected chi connectivity index (χ1v) is 11.1. The summed E-state index contributed by atoms with van der Waals surface area (Å²) in [5.74, 6) is -0.978. The van der Waals surface area contributed by atoms with Crippen molar-refractivity contribution in [2.45, 2.75) is 38.5 Å². The summed E-state index contributed by atoms with van der Waals surface area (Å²) < 4.78 is 54.6. The van der Waals surface area contributed by atoms with E-state index in [0.717, 1.165) is 25.7 Å². The Hall–Kier alpha value is -2.95. The molecule has 0 unspecified atom stereocenters. The molecule has 0 aromatic heterocycles. The first-order valence-electron chi connectivity index (χ1n) is 11.1. The lowest BCUT2D eigenvalue weighted by molar-refractivity contribution is 0.198. The van der Waals surface area contributed by atoms with E-state index >= 15 is 0 Å². The van der Waals surface area contributed by atoms with Crippen molar-refractivity contribution in [1.82, 2.24) is 0 Å². The van der Waals surface area contributed by atoms with Gasteiger partial charge >= 0.3 is 0 Å². The molecule has 1 saturated carbocycles. The fourth-order valence-electron chi connectivity index (χ4n) is 4.42. The van der Waals surface area contributed by atoms with Crippen molar-refractivity contribution in [2.24, 2.45) is 5.92 Å². The van der Waals surface area contributed by atoms with Gasteiger partial charge in [-0.2, -0.15) is 0 Å². The van der Waals surface area contributed by atoms with E-state index in [-0.39, 0.29) is 17.2 Å². The van der Waals surface area contributed by atoms with Gasteiger partial charge in [-0.1, -0.05) is 42.5 Å². The van der Waals surface area contributed by atoms with Crippen LogP contribution in [0.4, 0.5) is 13.2 Å². The summed E-state index contributed by atoms with van der Waals surface area (Å²) in [5, 5.41) is 0. The van der Waals surface area contributed by atoms with Crippen LogP contribution in [0.3, 0.4) is 0 Å². The van der Waals surface area contributed by atoms with Crippen LogP contribution in [0.1, 0.15) is 44.1 Å². The standard InChI is InChI=1S/C27H27F3O2/c1-2-31-25-15-12-21(16-24(25)28)32-17-18-8-10-20(11-9-18)23-14-13-22(26(29)27(23)30)19-6-4-3-5-7-19/h3-7,12-16,18,20H,2,8-11,17H2,1H3. The Morgan fingerprint density at radius 2 is 1.56 bits per heavy atom. The van der Waals surface area contributed by atoms with Crippen molar-refractivity contribution in [3.05, 3.63) is 83.7 Å². The minimum atomic E-state index is -0.781. The second kappa shape index (κ2) is 10.1. The van der Waals surface area contributed by atoms with E-state index in [1.54, 1.807) is 43.3 Å². The molecule has 0 radical (unpaired) electrons. The van der Waals surface area contributed by atoms with Crippen molar-refractivity contribution in [1.29, 1.82) is 0 Å². The highest BCUT2D eigenvalue weighted by Crippen LogP contribution is 2.39. The molecular weight excluding hydrogens is 413 g/mol. The Morgan fingerprint density at radius 3 is 2.25 bits per heavy atom. The molecule has 0 atom stereocenters. The van der Waals surface area contributed by atoms with Gasteiger partial charge < -0.3 is 9.47 Å². The van der Waals surface area contributed by atoms with Crippen LogP contribution in [-0.4, -0.2) is 13.2 Å². The second-order valence-electron chi connectivity index (χ2n) is 8.25. The summed E-state index contributed by atoms with van der Waals surface area (Å²) in [4.78, 5) is 0. The Balaban J connectivity index is 1.35. The first-order chi connectivity index (χ1) is 15.6. The number of rotatable bonds is 7. The summed E-state index contributed by atoms with van der Waals surface area (Å²) in [7, 11) is 0. The molecule has 0 bridgehead atoms. The molecule has 2 nitrogen and oxygen atoms in total. The molecule has 1 aliphatic carbocycles. The maximum Gasteiger partial charge on any atom is 0.168 e. The highest BCUT2D eigenvalue weighted by molar-refractivity contribution is 5.64. The fraction of sp³-hybridized carbons (Fsp3) is 0.333. The summed E-state index contributed by atoms with van der Waals surface area (Å²) in [6.45, 7) is 2.68. The molecule has 168 valence electrons. The Bertz CT molecular complexity index is 1040. The van der Waals surface area contributed by atoms with Crippen molar-refractivity contribution < 1.29 is 22.6 Å². The van der Waals surface area contributed by atoms with Gasteiger partial charge in [0.05, 0.1) is 13.2 Å². The van der Waals surface area contributed by atoms with Crippen molar-refractivity contribution >= 4 is 0 Å².